The number of carbonyl (C=O) groups excluding carboxylic acids is 1. The van der Waals surface area contributed by atoms with E-state index >= 15 is 0 Å². The van der Waals surface area contributed by atoms with Gasteiger partial charge in [0, 0.05) is 13.1 Å². The molecule has 0 unspecified atom stereocenters. The summed E-state index contributed by atoms with van der Waals surface area (Å²) in [5.74, 6) is 0.934. The zero-order valence-corrected chi connectivity index (χ0v) is 17.7. The molecule has 1 aromatic heterocycles. The topological polar surface area (TPSA) is 90.4 Å². The smallest absolute Gasteiger partial charge is 0.257 e. The second-order valence-corrected chi connectivity index (χ2v) is 7.83. The molecule has 156 valence electrons. The Bertz CT molecular complexity index is 1000. The first-order valence-corrected chi connectivity index (χ1v) is 10.9. The predicted octanol–water partition coefficient (Wildman–Crippen LogP) is 4.79. The van der Waals surface area contributed by atoms with Crippen molar-refractivity contribution >= 4 is 35.0 Å². The highest BCUT2D eigenvalue weighted by Crippen LogP contribution is 2.34. The molecule has 0 radical (unpaired) electrons. The van der Waals surface area contributed by atoms with Crippen LogP contribution in [-0.4, -0.2) is 37.8 Å². The molecular formula is C22H25N5O2S. The summed E-state index contributed by atoms with van der Waals surface area (Å²) in [5.41, 5.74) is 1.90. The van der Waals surface area contributed by atoms with Crippen LogP contribution in [0.1, 0.15) is 48.1 Å². The van der Waals surface area contributed by atoms with Gasteiger partial charge in [0.25, 0.3) is 5.91 Å². The maximum absolute atomic E-state index is 12.7. The quantitative estimate of drug-likeness (QED) is 0.474. The third-order valence-corrected chi connectivity index (χ3v) is 5.85. The van der Waals surface area contributed by atoms with Gasteiger partial charge in [0.05, 0.1) is 29.0 Å². The van der Waals surface area contributed by atoms with Crippen molar-refractivity contribution in [2.24, 2.45) is 0 Å². The lowest BCUT2D eigenvalue weighted by Gasteiger charge is -2.19. The lowest BCUT2D eigenvalue weighted by atomic mass is 10.0. The first-order valence-electron chi connectivity index (χ1n) is 10.2. The minimum absolute atomic E-state index is 0.0662. The van der Waals surface area contributed by atoms with E-state index in [4.69, 9.17) is 0 Å². The number of aromatic hydroxyl groups is 1. The minimum atomic E-state index is -0.140. The van der Waals surface area contributed by atoms with Gasteiger partial charge in [-0.2, -0.15) is 8.75 Å². The molecule has 1 atom stereocenters. The predicted molar refractivity (Wildman–Crippen MR) is 120 cm³/mol. The van der Waals surface area contributed by atoms with Crippen LogP contribution in [0, 0.1) is 0 Å². The molecule has 4 rings (SSSR count). The minimum Gasteiger partial charge on any atom is -0.505 e. The zero-order valence-electron chi connectivity index (χ0n) is 16.8. The Kier molecular flexibility index (Phi) is 6.13. The summed E-state index contributed by atoms with van der Waals surface area (Å²) in [6.45, 7) is 3.58. The molecule has 0 aliphatic carbocycles. The number of nitrogens with zero attached hydrogens (tertiary/aromatic N) is 3. The fraction of sp³-hybridized carbons (Fsp3) is 0.318. The summed E-state index contributed by atoms with van der Waals surface area (Å²) in [6, 6.07) is 15.4. The average Bonchev–Trinajstić information content (AvgIpc) is 3.46. The van der Waals surface area contributed by atoms with Crippen LogP contribution in [0.5, 0.6) is 5.75 Å². The average molecular weight is 424 g/mol. The van der Waals surface area contributed by atoms with E-state index in [9.17, 15) is 9.90 Å². The van der Waals surface area contributed by atoms with E-state index in [0.717, 1.165) is 44.1 Å². The Hall–Kier alpha value is -3.13. The molecule has 30 heavy (non-hydrogen) atoms. The van der Waals surface area contributed by atoms with Crippen molar-refractivity contribution in [1.82, 2.24) is 13.6 Å². The van der Waals surface area contributed by atoms with E-state index in [1.807, 2.05) is 18.2 Å². The normalized spacial score (nSPS) is 14.5. The van der Waals surface area contributed by atoms with Crippen molar-refractivity contribution < 1.29 is 9.90 Å². The standard InChI is InChI=1S/C22H25N5O2S/c1-2-17(15-9-4-3-5-10-15)23-20-21(26-30-25-20)24-18-12-8-11-16(19(18)28)22(29)27-13-6-7-14-27/h3-5,8-12,17,28H,2,6-7,13-14H2,1H3,(H,23,25)(H,24,26)/t17-/m0/s1. The van der Waals surface area contributed by atoms with Crippen LogP contribution in [0.3, 0.4) is 0 Å². The second-order valence-electron chi connectivity index (χ2n) is 7.30. The molecular weight excluding hydrogens is 398 g/mol. The number of phenols is 1. The molecule has 0 saturated carbocycles. The molecule has 0 bridgehead atoms. The SMILES string of the molecule is CC[C@H](Nc1nsnc1Nc1cccc(C(=O)N2CCCC2)c1O)c1ccccc1. The highest BCUT2D eigenvalue weighted by atomic mass is 32.1. The number of aromatic nitrogens is 2. The van der Waals surface area contributed by atoms with Gasteiger partial charge >= 0.3 is 0 Å². The third kappa shape index (κ3) is 4.23. The van der Waals surface area contributed by atoms with Gasteiger partial charge in [-0.1, -0.05) is 43.3 Å². The summed E-state index contributed by atoms with van der Waals surface area (Å²) in [4.78, 5) is 14.5. The number of amides is 1. The van der Waals surface area contributed by atoms with Crippen LogP contribution < -0.4 is 10.6 Å². The van der Waals surface area contributed by atoms with Crippen LogP contribution in [0.2, 0.25) is 0 Å². The molecule has 0 spiro atoms. The Labute approximate surface area is 180 Å². The van der Waals surface area contributed by atoms with Crippen molar-refractivity contribution in [1.29, 1.82) is 0 Å². The summed E-state index contributed by atoms with van der Waals surface area (Å²) in [6.07, 6.45) is 2.89. The van der Waals surface area contributed by atoms with Crippen LogP contribution in [0.15, 0.2) is 48.5 Å². The van der Waals surface area contributed by atoms with Gasteiger partial charge in [-0.3, -0.25) is 4.79 Å². The van der Waals surface area contributed by atoms with Gasteiger partial charge < -0.3 is 20.6 Å². The molecule has 2 aromatic carbocycles. The Morgan fingerprint density at radius 3 is 2.57 bits per heavy atom. The molecule has 1 saturated heterocycles. The van der Waals surface area contributed by atoms with Gasteiger partial charge in [0.15, 0.2) is 17.4 Å². The first kappa shape index (κ1) is 20.2. The maximum Gasteiger partial charge on any atom is 0.257 e. The lowest BCUT2D eigenvalue weighted by molar-refractivity contribution is 0.0790. The Morgan fingerprint density at radius 2 is 1.83 bits per heavy atom. The molecule has 3 N–H and O–H groups in total. The molecule has 1 amide bonds. The number of anilines is 3. The summed E-state index contributed by atoms with van der Waals surface area (Å²) in [5, 5.41) is 17.3. The molecule has 8 heteroatoms. The number of para-hydroxylation sites is 1. The summed E-state index contributed by atoms with van der Waals surface area (Å²) >= 11 is 1.09. The number of hydrogen-bond donors (Lipinski definition) is 3. The van der Waals surface area contributed by atoms with Gasteiger partial charge in [0.2, 0.25) is 0 Å². The number of phenolic OH excluding ortho intramolecular Hbond substituents is 1. The summed E-state index contributed by atoms with van der Waals surface area (Å²) in [7, 11) is 0. The van der Waals surface area contributed by atoms with Gasteiger partial charge in [0.1, 0.15) is 0 Å². The van der Waals surface area contributed by atoms with E-state index in [1.165, 1.54) is 5.56 Å². The fourth-order valence-electron chi connectivity index (χ4n) is 3.67. The number of nitrogens with one attached hydrogen (secondary N) is 2. The monoisotopic (exact) mass is 423 g/mol. The second kappa shape index (κ2) is 9.13. The lowest BCUT2D eigenvalue weighted by Crippen LogP contribution is -2.27. The highest BCUT2D eigenvalue weighted by molar-refractivity contribution is 6.99. The van der Waals surface area contributed by atoms with Crippen LogP contribution in [0.4, 0.5) is 17.3 Å². The van der Waals surface area contributed by atoms with Gasteiger partial charge in [-0.05, 0) is 37.0 Å². The molecule has 3 aromatic rings. The maximum atomic E-state index is 12.7. The number of likely N-dealkylation sites (tertiary alicyclic amines) is 1. The number of carbonyl (C=O) groups is 1. The van der Waals surface area contributed by atoms with Crippen molar-refractivity contribution in [3.8, 4) is 5.75 Å². The third-order valence-electron chi connectivity index (χ3n) is 5.32. The van der Waals surface area contributed by atoms with Crippen LogP contribution >= 0.6 is 11.7 Å². The zero-order chi connectivity index (χ0) is 20.9. The number of benzene rings is 2. The van der Waals surface area contributed by atoms with Crippen molar-refractivity contribution in [2.75, 3.05) is 23.7 Å². The fourth-order valence-corrected chi connectivity index (χ4v) is 4.15. The highest BCUT2D eigenvalue weighted by Gasteiger charge is 2.24. The van der Waals surface area contributed by atoms with E-state index < -0.39 is 0 Å². The molecule has 1 aliphatic heterocycles. The van der Waals surface area contributed by atoms with Crippen molar-refractivity contribution in [3.05, 3.63) is 59.7 Å². The van der Waals surface area contributed by atoms with E-state index in [-0.39, 0.29) is 17.7 Å². The van der Waals surface area contributed by atoms with Crippen LogP contribution in [-0.2, 0) is 0 Å². The molecule has 2 heterocycles. The van der Waals surface area contributed by atoms with Gasteiger partial charge in [-0.25, -0.2) is 0 Å². The Morgan fingerprint density at radius 1 is 1.10 bits per heavy atom. The van der Waals surface area contributed by atoms with E-state index in [1.54, 1.807) is 23.1 Å². The number of rotatable bonds is 7. The van der Waals surface area contributed by atoms with E-state index in [2.05, 4.69) is 38.4 Å². The first-order chi connectivity index (χ1) is 14.7. The molecule has 1 aliphatic rings. The Balaban J connectivity index is 1.54. The largest absolute Gasteiger partial charge is 0.505 e. The number of hydrogen-bond acceptors (Lipinski definition) is 7. The summed E-state index contributed by atoms with van der Waals surface area (Å²) < 4.78 is 8.71. The van der Waals surface area contributed by atoms with Crippen LogP contribution in [0.25, 0.3) is 0 Å². The van der Waals surface area contributed by atoms with Crippen molar-refractivity contribution in [3.63, 3.8) is 0 Å². The molecule has 1 fully saturated rings. The van der Waals surface area contributed by atoms with Gasteiger partial charge in [-0.15, -0.1) is 0 Å². The molecule has 7 nitrogen and oxygen atoms in total. The van der Waals surface area contributed by atoms with E-state index in [0.29, 0.717) is 22.9 Å². The van der Waals surface area contributed by atoms with Crippen molar-refractivity contribution in [2.45, 2.75) is 32.2 Å².